The third kappa shape index (κ3) is 3.33. The van der Waals surface area contributed by atoms with Crippen molar-refractivity contribution in [2.75, 3.05) is 6.61 Å². The number of hydrogen-bond donors (Lipinski definition) is 1. The molecule has 26 heavy (non-hydrogen) atoms. The Morgan fingerprint density at radius 1 is 1.23 bits per heavy atom. The van der Waals surface area contributed by atoms with E-state index in [0.717, 1.165) is 12.0 Å². The van der Waals surface area contributed by atoms with Crippen LogP contribution in [-0.2, 0) is 9.47 Å². The van der Waals surface area contributed by atoms with Gasteiger partial charge in [-0.25, -0.2) is 14.2 Å². The van der Waals surface area contributed by atoms with Crippen molar-refractivity contribution in [3.05, 3.63) is 52.0 Å². The van der Waals surface area contributed by atoms with Crippen molar-refractivity contribution in [3.8, 4) is 0 Å². The molecule has 0 aliphatic carbocycles. The number of carboxylic acids is 1. The smallest absolute Gasteiger partial charge is 0.422 e. The summed E-state index contributed by atoms with van der Waals surface area (Å²) in [5, 5.41) is 10.1. The average Bonchev–Trinajstić information content (AvgIpc) is 3.06. The van der Waals surface area contributed by atoms with Crippen molar-refractivity contribution in [2.45, 2.75) is 32.8 Å². The van der Waals surface area contributed by atoms with Gasteiger partial charge in [0.05, 0.1) is 6.61 Å². The Kier molecular flexibility index (Phi) is 4.31. The summed E-state index contributed by atoms with van der Waals surface area (Å²) in [6.45, 7) is 5.51. The number of aromatic nitrogens is 1. The van der Waals surface area contributed by atoms with Crippen LogP contribution in [0.1, 0.15) is 43.2 Å². The Balaban J connectivity index is 2.19. The lowest BCUT2D eigenvalue weighted by atomic mass is 10.1. The molecule has 0 bridgehead atoms. The molecule has 0 unspecified atom stereocenters. The molecule has 1 aromatic carbocycles. The van der Waals surface area contributed by atoms with Crippen LogP contribution in [-0.4, -0.2) is 33.9 Å². The predicted molar refractivity (Wildman–Crippen MR) is 95.3 cm³/mol. The first-order chi connectivity index (χ1) is 12.2. The fourth-order valence-corrected chi connectivity index (χ4v) is 2.74. The fourth-order valence-electron chi connectivity index (χ4n) is 2.74. The first-order valence-corrected chi connectivity index (χ1v) is 8.17. The Morgan fingerprint density at radius 3 is 2.54 bits per heavy atom. The summed E-state index contributed by atoms with van der Waals surface area (Å²) in [6.07, 6.45) is 1.71. The Labute approximate surface area is 149 Å². The molecule has 0 radical (unpaired) electrons. The molecule has 0 atom stereocenters. The normalized spacial score (nSPS) is 14.0. The topological polar surface area (TPSA) is 94.8 Å². The van der Waals surface area contributed by atoms with E-state index in [1.54, 1.807) is 39.0 Å². The summed E-state index contributed by atoms with van der Waals surface area (Å²) in [6, 6.07) is 6.24. The number of rotatable bonds is 2. The number of carboxylic acid groups (broad SMARTS) is 1. The van der Waals surface area contributed by atoms with Crippen LogP contribution in [0, 0.1) is 0 Å². The number of benzene rings is 1. The standard InChI is InChI=1S/C19H19NO6/c1-19(2,3)26-18(24)20-14(17(22)23)10-12-9-11(15-5-4-8-25-15)6-7-13(12)16(20)21/h5-7,9-10H,4,8H2,1-3H3,(H,22,23). The number of hydrogen-bond acceptors (Lipinski definition) is 5. The second-order valence-electron chi connectivity index (χ2n) is 6.96. The van der Waals surface area contributed by atoms with Gasteiger partial charge in [0.1, 0.15) is 17.1 Å². The van der Waals surface area contributed by atoms with Crippen molar-refractivity contribution < 1.29 is 24.2 Å². The summed E-state index contributed by atoms with van der Waals surface area (Å²) in [5.41, 5.74) is -1.30. The number of carbonyl (C=O) groups is 2. The van der Waals surface area contributed by atoms with E-state index in [9.17, 15) is 19.5 Å². The molecule has 7 heteroatoms. The fraction of sp³-hybridized carbons (Fsp3) is 0.316. The van der Waals surface area contributed by atoms with Gasteiger partial charge in [0.15, 0.2) is 0 Å². The highest BCUT2D eigenvalue weighted by Gasteiger charge is 2.25. The lowest BCUT2D eigenvalue weighted by molar-refractivity contribution is 0.0498. The maximum atomic E-state index is 12.8. The van der Waals surface area contributed by atoms with Crippen LogP contribution in [0.4, 0.5) is 4.79 Å². The highest BCUT2D eigenvalue weighted by atomic mass is 16.6. The van der Waals surface area contributed by atoms with Gasteiger partial charge in [0.25, 0.3) is 5.56 Å². The summed E-state index contributed by atoms with van der Waals surface area (Å²) in [7, 11) is 0. The SMILES string of the molecule is CC(C)(C)OC(=O)n1c(C(=O)O)cc2cc(C3=CCCO3)ccc2c1=O. The van der Waals surface area contributed by atoms with E-state index in [4.69, 9.17) is 9.47 Å². The minimum absolute atomic E-state index is 0.225. The maximum Gasteiger partial charge on any atom is 0.422 e. The Morgan fingerprint density at radius 2 is 1.96 bits per heavy atom. The van der Waals surface area contributed by atoms with Crippen LogP contribution < -0.4 is 5.56 Å². The van der Waals surface area contributed by atoms with E-state index < -0.39 is 28.9 Å². The highest BCUT2D eigenvalue weighted by molar-refractivity contribution is 5.96. The Hall–Kier alpha value is -3.09. The monoisotopic (exact) mass is 357 g/mol. The molecule has 2 heterocycles. The lowest BCUT2D eigenvalue weighted by Crippen LogP contribution is -2.36. The van der Waals surface area contributed by atoms with Crippen LogP contribution in [0.5, 0.6) is 0 Å². The van der Waals surface area contributed by atoms with E-state index in [1.165, 1.54) is 6.07 Å². The number of pyridine rings is 1. The van der Waals surface area contributed by atoms with Gasteiger partial charge in [0.2, 0.25) is 0 Å². The Bertz CT molecular complexity index is 993. The zero-order chi connectivity index (χ0) is 19.1. The molecular formula is C19H19NO6. The van der Waals surface area contributed by atoms with E-state index in [1.807, 2.05) is 6.08 Å². The first-order valence-electron chi connectivity index (χ1n) is 8.17. The minimum atomic E-state index is -1.39. The molecule has 7 nitrogen and oxygen atoms in total. The lowest BCUT2D eigenvalue weighted by Gasteiger charge is -2.20. The van der Waals surface area contributed by atoms with Crippen molar-refractivity contribution in [2.24, 2.45) is 0 Å². The third-order valence-electron chi connectivity index (χ3n) is 3.80. The van der Waals surface area contributed by atoms with Crippen LogP contribution in [0.25, 0.3) is 16.5 Å². The molecule has 0 spiro atoms. The van der Waals surface area contributed by atoms with Gasteiger partial charge in [-0.2, -0.15) is 0 Å². The van der Waals surface area contributed by atoms with Crippen molar-refractivity contribution in [3.63, 3.8) is 0 Å². The molecule has 136 valence electrons. The van der Waals surface area contributed by atoms with E-state index in [-0.39, 0.29) is 5.39 Å². The van der Waals surface area contributed by atoms with Crippen LogP contribution >= 0.6 is 0 Å². The van der Waals surface area contributed by atoms with Crippen molar-refractivity contribution >= 4 is 28.6 Å². The number of carbonyl (C=O) groups excluding carboxylic acids is 1. The van der Waals surface area contributed by atoms with Crippen molar-refractivity contribution in [1.29, 1.82) is 0 Å². The zero-order valence-corrected chi connectivity index (χ0v) is 14.7. The first kappa shape index (κ1) is 17.7. The molecule has 2 aromatic rings. The summed E-state index contributed by atoms with van der Waals surface area (Å²) in [5.74, 6) is -0.698. The van der Waals surface area contributed by atoms with Crippen LogP contribution in [0.15, 0.2) is 35.1 Å². The van der Waals surface area contributed by atoms with Gasteiger partial charge >= 0.3 is 12.1 Å². The molecule has 0 saturated heterocycles. The van der Waals surface area contributed by atoms with E-state index in [0.29, 0.717) is 22.3 Å². The van der Waals surface area contributed by atoms with Crippen molar-refractivity contribution in [1.82, 2.24) is 4.57 Å². The molecule has 1 aromatic heterocycles. The van der Waals surface area contributed by atoms with Gasteiger partial charge in [-0.05, 0) is 50.4 Å². The maximum absolute atomic E-state index is 12.8. The van der Waals surface area contributed by atoms with Crippen LogP contribution in [0.3, 0.4) is 0 Å². The summed E-state index contributed by atoms with van der Waals surface area (Å²) >= 11 is 0. The van der Waals surface area contributed by atoms with Gasteiger partial charge < -0.3 is 14.6 Å². The average molecular weight is 357 g/mol. The summed E-state index contributed by atoms with van der Waals surface area (Å²) < 4.78 is 11.2. The molecule has 0 saturated carbocycles. The second kappa shape index (κ2) is 6.33. The number of ether oxygens (including phenoxy) is 2. The van der Waals surface area contributed by atoms with Gasteiger partial charge in [0, 0.05) is 17.4 Å². The molecule has 3 rings (SSSR count). The highest BCUT2D eigenvalue weighted by Crippen LogP contribution is 2.25. The molecule has 1 N–H and O–H groups in total. The van der Waals surface area contributed by atoms with Gasteiger partial charge in [-0.3, -0.25) is 4.79 Å². The van der Waals surface area contributed by atoms with E-state index in [2.05, 4.69) is 0 Å². The third-order valence-corrected chi connectivity index (χ3v) is 3.80. The minimum Gasteiger partial charge on any atom is -0.493 e. The van der Waals surface area contributed by atoms with Gasteiger partial charge in [-0.1, -0.05) is 6.07 Å². The quantitative estimate of drug-likeness (QED) is 0.886. The molecule has 0 fully saturated rings. The molecule has 1 aliphatic heterocycles. The number of fused-ring (bicyclic) bond motifs is 1. The number of aromatic carboxylic acids is 1. The van der Waals surface area contributed by atoms with Crippen LogP contribution in [0.2, 0.25) is 0 Å². The molecule has 1 aliphatic rings. The second-order valence-corrected chi connectivity index (χ2v) is 6.96. The predicted octanol–water partition coefficient (Wildman–Crippen LogP) is 3.24. The molecular weight excluding hydrogens is 338 g/mol. The largest absolute Gasteiger partial charge is 0.493 e. The molecule has 0 amide bonds. The van der Waals surface area contributed by atoms with Gasteiger partial charge in [-0.15, -0.1) is 0 Å². The number of nitrogens with zero attached hydrogens (tertiary/aromatic N) is 1. The summed E-state index contributed by atoms with van der Waals surface area (Å²) in [4.78, 5) is 36.8. The van der Waals surface area contributed by atoms with E-state index >= 15 is 0 Å². The zero-order valence-electron chi connectivity index (χ0n) is 14.7.